The maximum Gasteiger partial charge on any atom is 0.326 e. The Kier molecular flexibility index (Phi) is 6.76. The van der Waals surface area contributed by atoms with E-state index in [1.54, 1.807) is 0 Å². The summed E-state index contributed by atoms with van der Waals surface area (Å²) in [5.74, 6) is -3.30. The third-order valence-corrected chi connectivity index (χ3v) is 5.36. The van der Waals surface area contributed by atoms with Gasteiger partial charge < -0.3 is 10.1 Å². The second kappa shape index (κ2) is 9.47. The normalized spacial score (nSPS) is 21.2. The summed E-state index contributed by atoms with van der Waals surface area (Å²) in [5.41, 5.74) is 0.886. The average Bonchev–Trinajstić information content (AvgIpc) is 2.97. The van der Waals surface area contributed by atoms with E-state index in [0.717, 1.165) is 10.5 Å². The monoisotopic (exact) mass is 412 g/mol. The summed E-state index contributed by atoms with van der Waals surface area (Å²) in [4.78, 5) is 61.7. The van der Waals surface area contributed by atoms with Gasteiger partial charge in [-0.15, -0.1) is 0 Å². The van der Waals surface area contributed by atoms with E-state index in [1.165, 1.54) is 6.92 Å². The van der Waals surface area contributed by atoms with E-state index in [1.807, 2.05) is 42.5 Å². The lowest BCUT2D eigenvalue weighted by Crippen LogP contribution is -2.44. The van der Waals surface area contributed by atoms with Gasteiger partial charge in [0, 0.05) is 0 Å². The number of ether oxygens (including phenoxy) is 1. The smallest absolute Gasteiger partial charge is 0.326 e. The maximum absolute atomic E-state index is 12.4. The molecule has 1 aromatic carbocycles. The summed E-state index contributed by atoms with van der Waals surface area (Å²) in [5, 5.41) is 2.55. The van der Waals surface area contributed by atoms with Crippen molar-refractivity contribution in [2.75, 3.05) is 13.2 Å². The number of nitrogens with zero attached hydrogens (tertiary/aromatic N) is 1. The molecule has 0 radical (unpaired) electrons. The molecule has 1 aliphatic heterocycles. The molecule has 1 saturated heterocycles. The molecule has 0 aromatic heterocycles. The predicted molar refractivity (Wildman–Crippen MR) is 106 cm³/mol. The van der Waals surface area contributed by atoms with Crippen molar-refractivity contribution in [3.63, 3.8) is 0 Å². The van der Waals surface area contributed by atoms with Crippen LogP contribution in [0.5, 0.6) is 0 Å². The molecular weight excluding hydrogens is 388 g/mol. The van der Waals surface area contributed by atoms with Crippen LogP contribution in [0.15, 0.2) is 42.5 Å². The summed E-state index contributed by atoms with van der Waals surface area (Å²) in [6, 6.07) is 8.48. The molecule has 1 aliphatic carbocycles. The van der Waals surface area contributed by atoms with Gasteiger partial charge in [0.15, 0.2) is 12.4 Å². The summed E-state index contributed by atoms with van der Waals surface area (Å²) >= 11 is 0. The Hall–Kier alpha value is -3.29. The average molecular weight is 412 g/mol. The van der Waals surface area contributed by atoms with E-state index < -0.39 is 42.9 Å². The molecule has 0 unspecified atom stereocenters. The van der Waals surface area contributed by atoms with Crippen LogP contribution in [0, 0.1) is 11.8 Å². The first kappa shape index (κ1) is 21.4. The van der Waals surface area contributed by atoms with Crippen molar-refractivity contribution in [3.8, 4) is 0 Å². The highest BCUT2D eigenvalue weighted by atomic mass is 16.5. The number of allylic oxidation sites excluding steroid dienone is 2. The Morgan fingerprint density at radius 1 is 1.07 bits per heavy atom. The molecule has 8 nitrogen and oxygen atoms in total. The molecular formula is C22H24N2O6. The lowest BCUT2D eigenvalue weighted by molar-refractivity contribution is -0.155. The first-order valence-electron chi connectivity index (χ1n) is 9.86. The standard InChI is InChI=1S/C22H24N2O6/c1-14(25)18(11-15-7-3-2-4-8-15)23-19(26)13-30-20(27)12-24-21(28)16-9-5-6-10-17(16)22(24)29/h2-8,16-18H,9-13H2,1H3,(H,23,26)/t16-,17+,18-/m0/s1. The number of likely N-dealkylation sites (tertiary alicyclic amines) is 1. The fourth-order valence-corrected chi connectivity index (χ4v) is 3.73. The summed E-state index contributed by atoms with van der Waals surface area (Å²) in [7, 11) is 0. The second-order valence-corrected chi connectivity index (χ2v) is 7.50. The van der Waals surface area contributed by atoms with Crippen LogP contribution < -0.4 is 5.32 Å². The van der Waals surface area contributed by atoms with Gasteiger partial charge in [-0.05, 0) is 31.7 Å². The predicted octanol–water partition coefficient (Wildman–Crippen LogP) is 0.797. The van der Waals surface area contributed by atoms with E-state index in [0.29, 0.717) is 19.3 Å². The Morgan fingerprint density at radius 2 is 1.67 bits per heavy atom. The van der Waals surface area contributed by atoms with Crippen LogP contribution in [0.1, 0.15) is 25.3 Å². The number of hydrogen-bond donors (Lipinski definition) is 1. The number of nitrogens with one attached hydrogen (secondary N) is 1. The van der Waals surface area contributed by atoms with Crippen LogP contribution in [0.4, 0.5) is 0 Å². The molecule has 0 saturated carbocycles. The molecule has 3 rings (SSSR count). The molecule has 1 fully saturated rings. The lowest BCUT2D eigenvalue weighted by atomic mass is 9.85. The van der Waals surface area contributed by atoms with Crippen molar-refractivity contribution in [2.45, 2.75) is 32.2 Å². The van der Waals surface area contributed by atoms with E-state index in [2.05, 4.69) is 5.32 Å². The van der Waals surface area contributed by atoms with Crippen molar-refractivity contribution in [1.82, 2.24) is 10.2 Å². The van der Waals surface area contributed by atoms with Crippen LogP contribution in [-0.4, -0.2) is 53.6 Å². The molecule has 3 atom stereocenters. The molecule has 3 amide bonds. The third-order valence-electron chi connectivity index (χ3n) is 5.36. The topological polar surface area (TPSA) is 110 Å². The highest BCUT2D eigenvalue weighted by Gasteiger charge is 2.47. The number of fused-ring (bicyclic) bond motifs is 1. The summed E-state index contributed by atoms with van der Waals surface area (Å²) in [6.45, 7) is 0.263. The molecule has 1 heterocycles. The Labute approximate surface area is 174 Å². The molecule has 30 heavy (non-hydrogen) atoms. The number of hydrogen-bond acceptors (Lipinski definition) is 6. The second-order valence-electron chi connectivity index (χ2n) is 7.50. The Morgan fingerprint density at radius 3 is 2.23 bits per heavy atom. The number of carbonyl (C=O) groups is 5. The quantitative estimate of drug-likeness (QED) is 0.384. The Bertz CT molecular complexity index is 853. The van der Waals surface area contributed by atoms with Gasteiger partial charge in [0.05, 0.1) is 17.9 Å². The maximum atomic E-state index is 12.4. The molecule has 2 aliphatic rings. The highest BCUT2D eigenvalue weighted by Crippen LogP contribution is 2.34. The largest absolute Gasteiger partial charge is 0.454 e. The third kappa shape index (κ3) is 5.00. The SMILES string of the molecule is CC(=O)[C@H](Cc1ccccc1)NC(=O)COC(=O)CN1C(=O)[C@H]2CC=CC[C@H]2C1=O. The van der Waals surface area contributed by atoms with Gasteiger partial charge in [-0.25, -0.2) is 0 Å². The molecule has 1 N–H and O–H groups in total. The molecule has 158 valence electrons. The van der Waals surface area contributed by atoms with E-state index in [-0.39, 0.29) is 17.6 Å². The highest BCUT2D eigenvalue weighted by molar-refractivity contribution is 6.07. The molecule has 8 heteroatoms. The number of esters is 1. The molecule has 1 aromatic rings. The summed E-state index contributed by atoms with van der Waals surface area (Å²) in [6.07, 6.45) is 5.01. The zero-order chi connectivity index (χ0) is 21.7. The number of rotatable bonds is 8. The van der Waals surface area contributed by atoms with Gasteiger partial charge in [-0.1, -0.05) is 42.5 Å². The number of benzene rings is 1. The lowest BCUT2D eigenvalue weighted by Gasteiger charge is -2.17. The van der Waals surface area contributed by atoms with Crippen LogP contribution in [0.3, 0.4) is 0 Å². The number of imide groups is 1. The zero-order valence-electron chi connectivity index (χ0n) is 16.7. The van der Waals surface area contributed by atoms with Gasteiger partial charge in [0.1, 0.15) is 6.54 Å². The van der Waals surface area contributed by atoms with Gasteiger partial charge in [-0.3, -0.25) is 28.9 Å². The van der Waals surface area contributed by atoms with Crippen molar-refractivity contribution in [1.29, 1.82) is 0 Å². The number of carbonyl (C=O) groups excluding carboxylic acids is 5. The zero-order valence-corrected chi connectivity index (χ0v) is 16.7. The minimum Gasteiger partial charge on any atom is -0.454 e. The van der Waals surface area contributed by atoms with Crippen molar-refractivity contribution in [2.24, 2.45) is 11.8 Å². The number of amides is 3. The van der Waals surface area contributed by atoms with Crippen LogP contribution in [0.25, 0.3) is 0 Å². The van der Waals surface area contributed by atoms with E-state index in [4.69, 9.17) is 4.74 Å². The fraction of sp³-hybridized carbons (Fsp3) is 0.409. The van der Waals surface area contributed by atoms with E-state index in [9.17, 15) is 24.0 Å². The van der Waals surface area contributed by atoms with Crippen molar-refractivity contribution >= 4 is 29.5 Å². The van der Waals surface area contributed by atoms with Gasteiger partial charge >= 0.3 is 5.97 Å². The molecule has 0 spiro atoms. The first-order valence-corrected chi connectivity index (χ1v) is 9.86. The van der Waals surface area contributed by atoms with Gasteiger partial charge in [0.2, 0.25) is 11.8 Å². The van der Waals surface area contributed by atoms with Crippen molar-refractivity contribution in [3.05, 3.63) is 48.0 Å². The number of ketones is 1. The van der Waals surface area contributed by atoms with Gasteiger partial charge in [0.25, 0.3) is 5.91 Å². The van der Waals surface area contributed by atoms with E-state index >= 15 is 0 Å². The van der Waals surface area contributed by atoms with Crippen molar-refractivity contribution < 1.29 is 28.7 Å². The number of Topliss-reactive ketones (excluding diaryl/α,β-unsaturated/α-hetero) is 1. The fourth-order valence-electron chi connectivity index (χ4n) is 3.73. The minimum atomic E-state index is -0.846. The molecule has 0 bridgehead atoms. The summed E-state index contributed by atoms with van der Waals surface area (Å²) < 4.78 is 4.92. The van der Waals surface area contributed by atoms with Crippen LogP contribution in [-0.2, 0) is 35.1 Å². The van der Waals surface area contributed by atoms with Crippen LogP contribution in [0.2, 0.25) is 0 Å². The first-order chi connectivity index (χ1) is 14.4. The van der Waals surface area contributed by atoms with Gasteiger partial charge in [-0.2, -0.15) is 0 Å². The minimum absolute atomic E-state index is 0.219. The van der Waals surface area contributed by atoms with Crippen LogP contribution >= 0.6 is 0 Å². The Balaban J connectivity index is 1.48.